The summed E-state index contributed by atoms with van der Waals surface area (Å²) in [5.74, 6) is -0.198. The van der Waals surface area contributed by atoms with E-state index in [9.17, 15) is 4.79 Å². The van der Waals surface area contributed by atoms with Crippen molar-refractivity contribution in [1.82, 2.24) is 15.1 Å². The van der Waals surface area contributed by atoms with Gasteiger partial charge in [-0.3, -0.25) is 9.48 Å². The van der Waals surface area contributed by atoms with Crippen molar-refractivity contribution in [2.24, 2.45) is 0 Å². The van der Waals surface area contributed by atoms with Crippen molar-refractivity contribution in [2.45, 2.75) is 46.2 Å². The van der Waals surface area contributed by atoms with Crippen molar-refractivity contribution in [3.63, 3.8) is 0 Å². The van der Waals surface area contributed by atoms with Crippen LogP contribution in [-0.4, -0.2) is 34.4 Å². The highest BCUT2D eigenvalue weighted by Gasteiger charge is 2.33. The molecule has 0 aliphatic heterocycles. The van der Waals surface area contributed by atoms with Crippen molar-refractivity contribution >= 4 is 5.97 Å². The fourth-order valence-electron chi connectivity index (χ4n) is 1.87. The summed E-state index contributed by atoms with van der Waals surface area (Å²) in [6.07, 6.45) is 4.44. The highest BCUT2D eigenvalue weighted by atomic mass is 16.5. The number of esters is 1. The summed E-state index contributed by atoms with van der Waals surface area (Å²) in [4.78, 5) is 12.0. The zero-order chi connectivity index (χ0) is 13.6. The van der Waals surface area contributed by atoms with Gasteiger partial charge in [0.25, 0.3) is 0 Å². The topological polar surface area (TPSA) is 56.2 Å². The van der Waals surface area contributed by atoms with Crippen LogP contribution in [0.1, 0.15) is 32.8 Å². The lowest BCUT2D eigenvalue weighted by molar-refractivity contribution is -0.150. The second-order valence-corrected chi connectivity index (χ2v) is 4.61. The number of rotatable bonds is 7. The van der Waals surface area contributed by atoms with E-state index < -0.39 is 5.54 Å². The molecule has 1 rings (SSSR count). The first-order chi connectivity index (χ1) is 8.51. The fourth-order valence-corrected chi connectivity index (χ4v) is 1.87. The predicted molar refractivity (Wildman–Crippen MR) is 70.3 cm³/mol. The summed E-state index contributed by atoms with van der Waals surface area (Å²) in [5, 5.41) is 7.43. The second-order valence-electron chi connectivity index (χ2n) is 4.61. The third kappa shape index (κ3) is 3.84. The molecule has 0 aliphatic rings. The summed E-state index contributed by atoms with van der Waals surface area (Å²) in [7, 11) is 0. The molecule has 1 unspecified atom stereocenters. The predicted octanol–water partition coefficient (Wildman–Crippen LogP) is 1.51. The van der Waals surface area contributed by atoms with E-state index in [1.807, 2.05) is 44.8 Å². The number of ether oxygens (including phenoxy) is 1. The molecule has 102 valence electrons. The minimum atomic E-state index is -0.648. The normalized spacial score (nSPS) is 14.2. The van der Waals surface area contributed by atoms with Gasteiger partial charge in [-0.25, -0.2) is 0 Å². The molecule has 1 aromatic rings. The molecular formula is C13H23N3O2. The van der Waals surface area contributed by atoms with Crippen molar-refractivity contribution in [1.29, 1.82) is 0 Å². The molecule has 0 spiro atoms. The van der Waals surface area contributed by atoms with Gasteiger partial charge in [0, 0.05) is 12.7 Å². The summed E-state index contributed by atoms with van der Waals surface area (Å²) in [6, 6.07) is 0. The first-order valence-corrected chi connectivity index (χ1v) is 6.43. The molecule has 1 heterocycles. The molecule has 0 aliphatic carbocycles. The molecule has 1 aromatic heterocycles. The van der Waals surface area contributed by atoms with E-state index in [2.05, 4.69) is 10.4 Å². The van der Waals surface area contributed by atoms with Crippen molar-refractivity contribution in [3.05, 3.63) is 18.0 Å². The van der Waals surface area contributed by atoms with Gasteiger partial charge in [-0.05, 0) is 39.3 Å². The summed E-state index contributed by atoms with van der Waals surface area (Å²) in [6.45, 7) is 9.50. The molecular weight excluding hydrogens is 230 g/mol. The summed E-state index contributed by atoms with van der Waals surface area (Å²) in [5.41, 5.74) is 0.473. The van der Waals surface area contributed by atoms with Gasteiger partial charge in [-0.2, -0.15) is 5.10 Å². The Labute approximate surface area is 109 Å². The van der Waals surface area contributed by atoms with E-state index in [1.54, 1.807) is 0 Å². The standard InChI is InChI=1S/C13H23N3O2/c1-5-14-13(4,12(17)18-6-2)7-8-16-10-11(3)9-15-16/h9-10,14H,5-8H2,1-4H3. The second kappa shape index (κ2) is 6.54. The van der Waals surface area contributed by atoms with E-state index in [1.165, 1.54) is 0 Å². The number of carbonyl (C=O) groups excluding carboxylic acids is 1. The Morgan fingerprint density at radius 3 is 2.78 bits per heavy atom. The van der Waals surface area contributed by atoms with Crippen LogP contribution in [0.4, 0.5) is 0 Å². The maximum absolute atomic E-state index is 12.0. The van der Waals surface area contributed by atoms with Crippen LogP contribution < -0.4 is 5.32 Å². The van der Waals surface area contributed by atoms with Crippen LogP contribution in [0.25, 0.3) is 0 Å². The van der Waals surface area contributed by atoms with Gasteiger partial charge in [0.15, 0.2) is 0 Å². The third-order valence-corrected chi connectivity index (χ3v) is 2.90. The number of aryl methyl sites for hydroxylation is 2. The first kappa shape index (κ1) is 14.7. The smallest absolute Gasteiger partial charge is 0.326 e. The van der Waals surface area contributed by atoms with Gasteiger partial charge >= 0.3 is 5.97 Å². The Morgan fingerprint density at radius 2 is 2.28 bits per heavy atom. The van der Waals surface area contributed by atoms with Crippen LogP contribution in [0.3, 0.4) is 0 Å². The van der Waals surface area contributed by atoms with Crippen LogP contribution in [0, 0.1) is 6.92 Å². The Balaban J connectivity index is 2.64. The van der Waals surface area contributed by atoms with Crippen LogP contribution in [-0.2, 0) is 16.1 Å². The quantitative estimate of drug-likeness (QED) is 0.748. The van der Waals surface area contributed by atoms with Crippen LogP contribution in [0.15, 0.2) is 12.4 Å². The highest BCUT2D eigenvalue weighted by molar-refractivity contribution is 5.80. The average molecular weight is 253 g/mol. The lowest BCUT2D eigenvalue weighted by Crippen LogP contribution is -2.51. The van der Waals surface area contributed by atoms with Gasteiger partial charge in [0.05, 0.1) is 12.8 Å². The van der Waals surface area contributed by atoms with Crippen LogP contribution >= 0.6 is 0 Å². The van der Waals surface area contributed by atoms with Crippen molar-refractivity contribution in [2.75, 3.05) is 13.2 Å². The van der Waals surface area contributed by atoms with E-state index >= 15 is 0 Å². The lowest BCUT2D eigenvalue weighted by Gasteiger charge is -2.28. The number of likely N-dealkylation sites (N-methyl/N-ethyl adjacent to an activating group) is 1. The SMILES string of the molecule is CCNC(C)(CCn1cc(C)cn1)C(=O)OCC. The zero-order valence-electron chi connectivity index (χ0n) is 11.7. The molecule has 0 saturated heterocycles. The van der Waals surface area contributed by atoms with Crippen molar-refractivity contribution < 1.29 is 9.53 Å². The Kier molecular flexibility index (Phi) is 5.34. The van der Waals surface area contributed by atoms with E-state index in [4.69, 9.17) is 4.74 Å². The summed E-state index contributed by atoms with van der Waals surface area (Å²) < 4.78 is 6.97. The van der Waals surface area contributed by atoms with Gasteiger partial charge in [-0.15, -0.1) is 0 Å². The van der Waals surface area contributed by atoms with Crippen molar-refractivity contribution in [3.8, 4) is 0 Å². The molecule has 18 heavy (non-hydrogen) atoms. The maximum Gasteiger partial charge on any atom is 0.326 e. The Bertz CT molecular complexity index is 389. The lowest BCUT2D eigenvalue weighted by atomic mass is 9.98. The van der Waals surface area contributed by atoms with Gasteiger partial charge in [-0.1, -0.05) is 6.92 Å². The number of hydrogen-bond donors (Lipinski definition) is 1. The van der Waals surface area contributed by atoms with Gasteiger partial charge in [0.2, 0.25) is 0 Å². The average Bonchev–Trinajstić information content (AvgIpc) is 2.73. The molecule has 0 bridgehead atoms. The minimum Gasteiger partial charge on any atom is -0.465 e. The molecule has 5 nitrogen and oxygen atoms in total. The monoisotopic (exact) mass is 253 g/mol. The Hall–Kier alpha value is -1.36. The highest BCUT2D eigenvalue weighted by Crippen LogP contribution is 2.14. The Morgan fingerprint density at radius 1 is 1.56 bits per heavy atom. The minimum absolute atomic E-state index is 0.198. The maximum atomic E-state index is 12.0. The third-order valence-electron chi connectivity index (χ3n) is 2.90. The molecule has 1 N–H and O–H groups in total. The number of aromatic nitrogens is 2. The number of hydrogen-bond acceptors (Lipinski definition) is 4. The molecule has 0 fully saturated rings. The number of nitrogens with one attached hydrogen (secondary N) is 1. The molecule has 0 radical (unpaired) electrons. The molecule has 5 heteroatoms. The molecule has 1 atom stereocenters. The zero-order valence-corrected chi connectivity index (χ0v) is 11.7. The van der Waals surface area contributed by atoms with Crippen LogP contribution in [0.5, 0.6) is 0 Å². The van der Waals surface area contributed by atoms with Crippen LogP contribution in [0.2, 0.25) is 0 Å². The van der Waals surface area contributed by atoms with Gasteiger partial charge in [0.1, 0.15) is 5.54 Å². The van der Waals surface area contributed by atoms with E-state index in [-0.39, 0.29) is 5.97 Å². The molecule has 0 saturated carbocycles. The number of carbonyl (C=O) groups is 1. The first-order valence-electron chi connectivity index (χ1n) is 6.43. The summed E-state index contributed by atoms with van der Waals surface area (Å²) >= 11 is 0. The number of nitrogens with zero attached hydrogens (tertiary/aromatic N) is 2. The van der Waals surface area contributed by atoms with E-state index in [0.29, 0.717) is 19.6 Å². The van der Waals surface area contributed by atoms with E-state index in [0.717, 1.165) is 12.1 Å². The molecule has 0 aromatic carbocycles. The largest absolute Gasteiger partial charge is 0.465 e. The fraction of sp³-hybridized carbons (Fsp3) is 0.692. The molecule has 0 amide bonds. The van der Waals surface area contributed by atoms with Gasteiger partial charge < -0.3 is 10.1 Å².